The zero-order chi connectivity index (χ0) is 22.6. The first-order chi connectivity index (χ1) is 16.2. The second-order valence-electron chi connectivity index (χ2n) is 9.82. The Balaban J connectivity index is 1.15. The quantitative estimate of drug-likeness (QED) is 0.674. The van der Waals surface area contributed by atoms with Crippen LogP contribution in [-0.4, -0.2) is 66.4 Å². The molecule has 1 aliphatic carbocycles. The van der Waals surface area contributed by atoms with Crippen molar-refractivity contribution in [2.24, 2.45) is 17.8 Å². The number of anilines is 1. The van der Waals surface area contributed by atoms with Crippen molar-refractivity contribution in [2.75, 3.05) is 44.7 Å². The summed E-state index contributed by atoms with van der Waals surface area (Å²) < 4.78 is 5.51. The molecule has 1 aromatic carbocycles. The number of aromatic nitrogens is 2. The van der Waals surface area contributed by atoms with Gasteiger partial charge in [0.25, 0.3) is 5.91 Å². The molecule has 3 fully saturated rings. The molecule has 2 aromatic rings. The topological polar surface area (TPSA) is 79.4 Å². The van der Waals surface area contributed by atoms with Crippen LogP contribution in [0, 0.1) is 17.8 Å². The number of carbonyl (C=O) groups excluding carboxylic acids is 1. The Bertz CT molecular complexity index is 930. The van der Waals surface area contributed by atoms with Crippen molar-refractivity contribution < 1.29 is 9.53 Å². The predicted molar refractivity (Wildman–Crippen MR) is 129 cm³/mol. The third-order valence-electron chi connectivity index (χ3n) is 7.49. The monoisotopic (exact) mass is 449 g/mol. The van der Waals surface area contributed by atoms with Gasteiger partial charge < -0.3 is 20.3 Å². The average molecular weight is 450 g/mol. The fourth-order valence-electron chi connectivity index (χ4n) is 5.88. The second-order valence-corrected chi connectivity index (χ2v) is 9.82. The molecule has 0 radical (unpaired) electrons. The predicted octanol–water partition coefficient (Wildman–Crippen LogP) is 3.44. The fraction of sp³-hybridized carbons (Fsp3) is 0.577. The summed E-state index contributed by atoms with van der Waals surface area (Å²) in [7, 11) is 0. The van der Waals surface area contributed by atoms with Crippen LogP contribution in [0.2, 0.25) is 0 Å². The molecular formula is C26H35N5O2. The SMILES string of the molecule is CCNC(=O)c1ccccc1-c1ccc(NC2C[C@@H]3CN(CC4CCOCC4)C[C@@H]3C2)nn1. The van der Waals surface area contributed by atoms with Gasteiger partial charge in [-0.15, -0.1) is 10.2 Å². The summed E-state index contributed by atoms with van der Waals surface area (Å²) >= 11 is 0. The smallest absolute Gasteiger partial charge is 0.251 e. The van der Waals surface area contributed by atoms with Gasteiger partial charge in [-0.25, -0.2) is 0 Å². The van der Waals surface area contributed by atoms with Crippen molar-refractivity contribution >= 4 is 11.7 Å². The summed E-state index contributed by atoms with van der Waals surface area (Å²) in [5.41, 5.74) is 2.15. The minimum atomic E-state index is -0.0829. The van der Waals surface area contributed by atoms with Crippen molar-refractivity contribution in [2.45, 2.75) is 38.6 Å². The van der Waals surface area contributed by atoms with Crippen molar-refractivity contribution in [1.29, 1.82) is 0 Å². The largest absolute Gasteiger partial charge is 0.381 e. The molecule has 7 nitrogen and oxygen atoms in total. The van der Waals surface area contributed by atoms with Crippen molar-refractivity contribution in [3.05, 3.63) is 42.0 Å². The second kappa shape index (κ2) is 10.2. The molecule has 3 atom stereocenters. The van der Waals surface area contributed by atoms with Crippen LogP contribution < -0.4 is 10.6 Å². The van der Waals surface area contributed by atoms with Gasteiger partial charge in [0.15, 0.2) is 0 Å². The van der Waals surface area contributed by atoms with Crippen LogP contribution in [0.15, 0.2) is 36.4 Å². The first-order valence-electron chi connectivity index (χ1n) is 12.5. The average Bonchev–Trinajstić information content (AvgIpc) is 3.38. The molecule has 1 saturated carbocycles. The van der Waals surface area contributed by atoms with Crippen LogP contribution in [-0.2, 0) is 4.74 Å². The highest BCUT2D eigenvalue weighted by molar-refractivity contribution is 6.00. The van der Waals surface area contributed by atoms with E-state index in [0.29, 0.717) is 18.2 Å². The van der Waals surface area contributed by atoms with Crippen LogP contribution in [0.4, 0.5) is 5.82 Å². The van der Waals surface area contributed by atoms with Gasteiger partial charge in [-0.2, -0.15) is 0 Å². The first kappa shape index (κ1) is 22.3. The standard InChI is InChI=1S/C26H35N5O2/c1-2-27-26(32)23-6-4-3-5-22(23)24-7-8-25(30-29-24)28-21-13-19-16-31(17-20(19)14-21)15-18-9-11-33-12-10-18/h3-8,18-21H,2,9-17H2,1H3,(H,27,32)(H,28,30)/t19-,20+,21?. The lowest BCUT2D eigenvalue weighted by molar-refractivity contribution is 0.0545. The Morgan fingerprint density at radius 2 is 1.82 bits per heavy atom. The lowest BCUT2D eigenvalue weighted by Gasteiger charge is -2.27. The molecule has 3 heterocycles. The Morgan fingerprint density at radius 1 is 1.06 bits per heavy atom. The van der Waals surface area contributed by atoms with Crippen LogP contribution in [0.5, 0.6) is 0 Å². The van der Waals surface area contributed by atoms with Crippen LogP contribution in [0.3, 0.4) is 0 Å². The van der Waals surface area contributed by atoms with E-state index < -0.39 is 0 Å². The number of likely N-dealkylation sites (tertiary alicyclic amines) is 1. The van der Waals surface area contributed by atoms with E-state index >= 15 is 0 Å². The van der Waals surface area contributed by atoms with E-state index in [1.54, 1.807) is 0 Å². The maximum absolute atomic E-state index is 12.4. The highest BCUT2D eigenvalue weighted by atomic mass is 16.5. The molecule has 2 saturated heterocycles. The number of ether oxygens (including phenoxy) is 1. The number of hydrogen-bond acceptors (Lipinski definition) is 6. The molecule has 0 spiro atoms. The van der Waals surface area contributed by atoms with Gasteiger partial charge in [0.2, 0.25) is 0 Å². The Labute approximate surface area is 196 Å². The highest BCUT2D eigenvalue weighted by Gasteiger charge is 2.41. The maximum atomic E-state index is 12.4. The third kappa shape index (κ3) is 5.20. The fourth-order valence-corrected chi connectivity index (χ4v) is 5.88. The molecule has 176 valence electrons. The zero-order valence-electron chi connectivity index (χ0n) is 19.5. The number of rotatable bonds is 7. The molecule has 3 aliphatic rings. The van der Waals surface area contributed by atoms with Gasteiger partial charge in [-0.05, 0) is 68.6 Å². The summed E-state index contributed by atoms with van der Waals surface area (Å²) in [4.78, 5) is 15.1. The van der Waals surface area contributed by atoms with E-state index in [-0.39, 0.29) is 5.91 Å². The molecule has 5 rings (SSSR count). The van der Waals surface area contributed by atoms with E-state index in [1.165, 1.54) is 45.3 Å². The molecule has 1 unspecified atom stereocenters. The summed E-state index contributed by atoms with van der Waals surface area (Å²) in [6.07, 6.45) is 4.85. The molecule has 33 heavy (non-hydrogen) atoms. The molecule has 2 N–H and O–H groups in total. The van der Waals surface area contributed by atoms with E-state index in [4.69, 9.17) is 4.74 Å². The van der Waals surface area contributed by atoms with Crippen LogP contribution >= 0.6 is 0 Å². The van der Waals surface area contributed by atoms with Crippen molar-refractivity contribution in [1.82, 2.24) is 20.4 Å². The summed E-state index contributed by atoms with van der Waals surface area (Å²) in [6, 6.07) is 12.0. The van der Waals surface area contributed by atoms with E-state index in [2.05, 4.69) is 25.7 Å². The number of fused-ring (bicyclic) bond motifs is 1. The molecular weight excluding hydrogens is 414 g/mol. The molecule has 0 bridgehead atoms. The number of hydrogen-bond donors (Lipinski definition) is 2. The summed E-state index contributed by atoms with van der Waals surface area (Å²) in [5.74, 6) is 3.13. The lowest BCUT2D eigenvalue weighted by atomic mass is 10.00. The van der Waals surface area contributed by atoms with Gasteiger partial charge in [0.1, 0.15) is 5.82 Å². The van der Waals surface area contributed by atoms with E-state index in [9.17, 15) is 4.79 Å². The minimum Gasteiger partial charge on any atom is -0.381 e. The number of carbonyl (C=O) groups is 1. The normalized spacial score (nSPS) is 25.7. The highest BCUT2D eigenvalue weighted by Crippen LogP contribution is 2.39. The minimum absolute atomic E-state index is 0.0829. The molecule has 7 heteroatoms. The van der Waals surface area contributed by atoms with E-state index in [0.717, 1.165) is 48.0 Å². The Kier molecular flexibility index (Phi) is 6.88. The van der Waals surface area contributed by atoms with Gasteiger partial charge in [-0.3, -0.25) is 4.79 Å². The molecule has 1 amide bonds. The number of benzene rings is 1. The summed E-state index contributed by atoms with van der Waals surface area (Å²) in [5, 5.41) is 15.4. The molecule has 2 aliphatic heterocycles. The van der Waals surface area contributed by atoms with E-state index in [1.807, 2.05) is 43.3 Å². The zero-order valence-corrected chi connectivity index (χ0v) is 19.5. The maximum Gasteiger partial charge on any atom is 0.251 e. The lowest BCUT2D eigenvalue weighted by Crippen LogP contribution is -2.32. The van der Waals surface area contributed by atoms with Crippen molar-refractivity contribution in [3.63, 3.8) is 0 Å². The third-order valence-corrected chi connectivity index (χ3v) is 7.49. The Morgan fingerprint density at radius 3 is 2.52 bits per heavy atom. The first-order valence-corrected chi connectivity index (χ1v) is 12.5. The summed E-state index contributed by atoms with van der Waals surface area (Å²) in [6.45, 7) is 8.12. The van der Waals surface area contributed by atoms with Gasteiger partial charge in [0.05, 0.1) is 5.69 Å². The van der Waals surface area contributed by atoms with Crippen LogP contribution in [0.1, 0.15) is 43.0 Å². The molecule has 1 aromatic heterocycles. The Hall–Kier alpha value is -2.51. The van der Waals surface area contributed by atoms with Crippen LogP contribution in [0.25, 0.3) is 11.3 Å². The van der Waals surface area contributed by atoms with Crippen molar-refractivity contribution in [3.8, 4) is 11.3 Å². The number of amides is 1. The van der Waals surface area contributed by atoms with Gasteiger partial charge >= 0.3 is 0 Å². The van der Waals surface area contributed by atoms with Gasteiger partial charge in [-0.1, -0.05) is 18.2 Å². The number of nitrogens with one attached hydrogen (secondary N) is 2. The number of nitrogens with zero attached hydrogens (tertiary/aromatic N) is 3. The van der Waals surface area contributed by atoms with Gasteiger partial charge in [0, 0.05) is 56.6 Å².